The summed E-state index contributed by atoms with van der Waals surface area (Å²) < 4.78 is 9.93. The van der Waals surface area contributed by atoms with Crippen LogP contribution in [0.3, 0.4) is 0 Å². The third-order valence-corrected chi connectivity index (χ3v) is 2.43. The minimum Gasteiger partial charge on any atom is -0.462 e. The lowest BCUT2D eigenvalue weighted by molar-refractivity contribution is -0.137. The van der Waals surface area contributed by atoms with Gasteiger partial charge in [0.2, 0.25) is 0 Å². The number of rotatable bonds is 4. The largest absolute Gasteiger partial charge is 0.462 e. The van der Waals surface area contributed by atoms with Gasteiger partial charge in [-0.3, -0.25) is 4.79 Å². The third kappa shape index (κ3) is 3.95. The molecular formula is C15H15NO4. The second kappa shape index (κ2) is 7.10. The van der Waals surface area contributed by atoms with Crippen LogP contribution >= 0.6 is 0 Å². The second-order valence-electron chi connectivity index (χ2n) is 3.93. The molecule has 1 rings (SSSR count). The first-order valence-electron chi connectivity index (χ1n) is 6.06. The molecule has 0 aliphatic carbocycles. The van der Waals surface area contributed by atoms with Crippen LogP contribution in [0, 0.1) is 11.3 Å². The van der Waals surface area contributed by atoms with Gasteiger partial charge in [-0.2, -0.15) is 5.26 Å². The van der Waals surface area contributed by atoms with Crippen molar-refractivity contribution in [3.05, 3.63) is 41.2 Å². The van der Waals surface area contributed by atoms with Crippen LogP contribution in [-0.2, 0) is 19.1 Å². The van der Waals surface area contributed by atoms with Gasteiger partial charge in [0.15, 0.2) is 0 Å². The lowest BCUT2D eigenvalue weighted by Crippen LogP contribution is -2.11. The highest BCUT2D eigenvalue weighted by molar-refractivity contribution is 6.17. The average Bonchev–Trinajstić information content (AvgIpc) is 2.39. The molecule has 0 spiro atoms. The Morgan fingerprint density at radius 1 is 1.20 bits per heavy atom. The number of benzene rings is 1. The van der Waals surface area contributed by atoms with Crippen LogP contribution in [0.4, 0.5) is 0 Å². The van der Waals surface area contributed by atoms with Crippen molar-refractivity contribution in [2.24, 2.45) is 0 Å². The van der Waals surface area contributed by atoms with Gasteiger partial charge in [-0.25, -0.2) is 4.79 Å². The Bertz CT molecular complexity index is 579. The fraction of sp³-hybridized carbons (Fsp3) is 0.267. The van der Waals surface area contributed by atoms with Crippen LogP contribution in [0.15, 0.2) is 30.0 Å². The molecule has 0 amide bonds. The number of carbonyl (C=O) groups excluding carboxylic acids is 2. The van der Waals surface area contributed by atoms with E-state index in [-0.39, 0.29) is 17.9 Å². The smallest absolute Gasteiger partial charge is 0.342 e. The predicted molar refractivity (Wildman–Crippen MR) is 72.2 cm³/mol. The van der Waals surface area contributed by atoms with Crippen LogP contribution in [-0.4, -0.2) is 18.5 Å². The quantitative estimate of drug-likeness (QED) is 0.478. The molecule has 0 radical (unpaired) electrons. The highest BCUT2D eigenvalue weighted by atomic mass is 16.5. The molecule has 0 N–H and O–H groups in total. The molecule has 0 unspecified atom stereocenters. The summed E-state index contributed by atoms with van der Waals surface area (Å²) in [6, 6.07) is 8.37. The molecule has 20 heavy (non-hydrogen) atoms. The molecule has 0 heterocycles. The monoisotopic (exact) mass is 273 g/mol. The van der Waals surface area contributed by atoms with Gasteiger partial charge in [0.1, 0.15) is 11.3 Å². The van der Waals surface area contributed by atoms with Gasteiger partial charge in [0.25, 0.3) is 0 Å². The maximum absolute atomic E-state index is 12.0. The Kier molecular flexibility index (Phi) is 5.48. The minimum absolute atomic E-state index is 0.167. The van der Waals surface area contributed by atoms with E-state index in [0.29, 0.717) is 11.1 Å². The van der Waals surface area contributed by atoms with Gasteiger partial charge in [-0.05, 0) is 31.5 Å². The highest BCUT2D eigenvalue weighted by Gasteiger charge is 2.19. The number of allylic oxidation sites excluding steroid dienone is 1. The fourth-order valence-electron chi connectivity index (χ4n) is 1.65. The molecule has 0 saturated carbocycles. The third-order valence-electron chi connectivity index (χ3n) is 2.43. The zero-order chi connectivity index (χ0) is 15.1. The fourth-order valence-corrected chi connectivity index (χ4v) is 1.65. The molecule has 0 atom stereocenters. The average molecular weight is 273 g/mol. The molecule has 1 aromatic carbocycles. The zero-order valence-corrected chi connectivity index (χ0v) is 11.6. The summed E-state index contributed by atoms with van der Waals surface area (Å²) in [6.07, 6.45) is 0. The molecule has 1 aromatic rings. The van der Waals surface area contributed by atoms with Gasteiger partial charge in [0.05, 0.1) is 18.2 Å². The number of nitriles is 1. The minimum atomic E-state index is -0.573. The molecule has 5 nitrogen and oxygen atoms in total. The van der Waals surface area contributed by atoms with Crippen molar-refractivity contribution in [3.63, 3.8) is 0 Å². The summed E-state index contributed by atoms with van der Waals surface area (Å²) in [5.41, 5.74) is 1.18. The Morgan fingerprint density at radius 2 is 1.80 bits per heavy atom. The first kappa shape index (κ1) is 15.4. The van der Waals surface area contributed by atoms with E-state index in [1.807, 2.05) is 6.07 Å². The molecule has 0 saturated heterocycles. The first-order chi connectivity index (χ1) is 9.49. The number of nitrogens with zero attached hydrogens (tertiary/aromatic N) is 1. The Hall–Kier alpha value is -2.61. The van der Waals surface area contributed by atoms with Crippen molar-refractivity contribution in [3.8, 4) is 6.07 Å². The Labute approximate surface area is 117 Å². The topological polar surface area (TPSA) is 76.4 Å². The molecule has 5 heteroatoms. The molecule has 0 bridgehead atoms. The summed E-state index contributed by atoms with van der Waals surface area (Å²) in [7, 11) is 0. The molecule has 0 aliphatic rings. The Balaban J connectivity index is 3.25. The molecule has 0 aromatic heterocycles. The van der Waals surface area contributed by atoms with Gasteiger partial charge < -0.3 is 9.47 Å². The van der Waals surface area contributed by atoms with Crippen LogP contribution < -0.4 is 0 Å². The standard InChI is InChI=1S/C15H15NO4/c1-4-19-15(18)14(10(2)20-11(3)17)13-7-5-12(9-16)6-8-13/h5-8H,4H2,1-3H3. The maximum Gasteiger partial charge on any atom is 0.342 e. The second-order valence-corrected chi connectivity index (χ2v) is 3.93. The number of ether oxygens (including phenoxy) is 2. The number of hydrogen-bond donors (Lipinski definition) is 0. The van der Waals surface area contributed by atoms with E-state index in [0.717, 1.165) is 0 Å². The van der Waals surface area contributed by atoms with E-state index in [2.05, 4.69) is 0 Å². The summed E-state index contributed by atoms with van der Waals surface area (Å²) in [6.45, 7) is 4.68. The SMILES string of the molecule is CCOC(=O)C(=C(C)OC(C)=O)c1ccc(C#N)cc1. The summed E-state index contributed by atoms with van der Waals surface area (Å²) in [5.74, 6) is -0.922. The van der Waals surface area contributed by atoms with E-state index >= 15 is 0 Å². The Morgan fingerprint density at radius 3 is 2.25 bits per heavy atom. The van der Waals surface area contributed by atoms with E-state index < -0.39 is 11.9 Å². The molecule has 0 fully saturated rings. The summed E-state index contributed by atoms with van der Waals surface area (Å²) >= 11 is 0. The zero-order valence-electron chi connectivity index (χ0n) is 11.6. The lowest BCUT2D eigenvalue weighted by atomic mass is 10.0. The van der Waals surface area contributed by atoms with Gasteiger partial charge >= 0.3 is 11.9 Å². The number of hydrogen-bond acceptors (Lipinski definition) is 5. The van der Waals surface area contributed by atoms with Crippen molar-refractivity contribution in [2.75, 3.05) is 6.61 Å². The van der Waals surface area contributed by atoms with Crippen LogP contribution in [0.2, 0.25) is 0 Å². The normalized spacial score (nSPS) is 11.1. The van der Waals surface area contributed by atoms with E-state index in [9.17, 15) is 9.59 Å². The molecule has 0 aliphatic heterocycles. The van der Waals surface area contributed by atoms with Crippen molar-refractivity contribution < 1.29 is 19.1 Å². The highest BCUT2D eigenvalue weighted by Crippen LogP contribution is 2.22. The van der Waals surface area contributed by atoms with Crippen molar-refractivity contribution >= 4 is 17.5 Å². The van der Waals surface area contributed by atoms with E-state index in [1.54, 1.807) is 31.2 Å². The van der Waals surface area contributed by atoms with Crippen molar-refractivity contribution in [1.29, 1.82) is 5.26 Å². The molecule has 104 valence electrons. The first-order valence-corrected chi connectivity index (χ1v) is 6.06. The van der Waals surface area contributed by atoms with Crippen LogP contribution in [0.25, 0.3) is 5.57 Å². The van der Waals surface area contributed by atoms with E-state index in [1.165, 1.54) is 13.8 Å². The summed E-state index contributed by atoms with van der Waals surface area (Å²) in [5, 5.41) is 8.77. The van der Waals surface area contributed by atoms with Crippen molar-refractivity contribution in [1.82, 2.24) is 0 Å². The number of carbonyl (C=O) groups is 2. The molecular weight excluding hydrogens is 258 g/mol. The predicted octanol–water partition coefficient (Wildman–Crippen LogP) is 2.42. The van der Waals surface area contributed by atoms with Crippen LogP contribution in [0.5, 0.6) is 0 Å². The van der Waals surface area contributed by atoms with Crippen LogP contribution in [0.1, 0.15) is 31.9 Å². The lowest BCUT2D eigenvalue weighted by Gasteiger charge is -2.11. The van der Waals surface area contributed by atoms with Gasteiger partial charge in [-0.1, -0.05) is 12.1 Å². The van der Waals surface area contributed by atoms with Gasteiger partial charge in [-0.15, -0.1) is 0 Å². The van der Waals surface area contributed by atoms with Crippen molar-refractivity contribution in [2.45, 2.75) is 20.8 Å². The van der Waals surface area contributed by atoms with Gasteiger partial charge in [0, 0.05) is 6.92 Å². The maximum atomic E-state index is 12.0. The summed E-state index contributed by atoms with van der Waals surface area (Å²) in [4.78, 5) is 23.0. The van der Waals surface area contributed by atoms with E-state index in [4.69, 9.17) is 14.7 Å². The number of esters is 2.